The molecule has 0 bridgehead atoms. The third-order valence-electron chi connectivity index (χ3n) is 4.14. The lowest BCUT2D eigenvalue weighted by Gasteiger charge is -2.12. The summed E-state index contributed by atoms with van der Waals surface area (Å²) in [6.45, 7) is 3.71. The van der Waals surface area contributed by atoms with Crippen LogP contribution in [0.3, 0.4) is 0 Å². The van der Waals surface area contributed by atoms with Crippen molar-refractivity contribution in [2.45, 2.75) is 23.9 Å². The van der Waals surface area contributed by atoms with Gasteiger partial charge in [-0.25, -0.2) is 17.8 Å². The predicted octanol–water partition coefficient (Wildman–Crippen LogP) is 2.65. The predicted molar refractivity (Wildman–Crippen MR) is 119 cm³/mol. The lowest BCUT2D eigenvalue weighted by atomic mass is 10.2. The van der Waals surface area contributed by atoms with E-state index in [9.17, 15) is 17.6 Å². The fourth-order valence-corrected chi connectivity index (χ4v) is 4.44. The SMILES string of the molecule is Cc1nc(SCCNC(=O)COc2ccc(S(=O)(=O)Nc3ccc(F)cc3)cc2C)n[nH]1. The quantitative estimate of drug-likeness (QED) is 0.301. The highest BCUT2D eigenvalue weighted by atomic mass is 32.2. The Morgan fingerprint density at radius 1 is 1.19 bits per heavy atom. The summed E-state index contributed by atoms with van der Waals surface area (Å²) in [4.78, 5) is 16.2. The Morgan fingerprint density at radius 3 is 2.59 bits per heavy atom. The summed E-state index contributed by atoms with van der Waals surface area (Å²) in [6, 6.07) is 9.30. The van der Waals surface area contributed by atoms with E-state index in [2.05, 4.69) is 25.2 Å². The van der Waals surface area contributed by atoms with Gasteiger partial charge in [0, 0.05) is 18.0 Å². The molecule has 0 unspecified atom stereocenters. The van der Waals surface area contributed by atoms with Crippen LogP contribution in [0.4, 0.5) is 10.1 Å². The molecule has 3 N–H and O–H groups in total. The van der Waals surface area contributed by atoms with Crippen LogP contribution in [-0.4, -0.2) is 48.4 Å². The van der Waals surface area contributed by atoms with Crippen LogP contribution in [-0.2, 0) is 14.8 Å². The minimum atomic E-state index is -3.86. The van der Waals surface area contributed by atoms with Crippen LogP contribution in [0.2, 0.25) is 0 Å². The second-order valence-electron chi connectivity index (χ2n) is 6.73. The van der Waals surface area contributed by atoms with Crippen LogP contribution in [0.15, 0.2) is 52.5 Å². The normalized spacial score (nSPS) is 11.2. The van der Waals surface area contributed by atoms with E-state index >= 15 is 0 Å². The van der Waals surface area contributed by atoms with Crippen molar-refractivity contribution in [1.82, 2.24) is 20.5 Å². The number of halogens is 1. The number of anilines is 1. The highest BCUT2D eigenvalue weighted by molar-refractivity contribution is 7.99. The molecular weight excluding hydrogens is 457 g/mol. The molecule has 0 fully saturated rings. The van der Waals surface area contributed by atoms with Gasteiger partial charge in [0.25, 0.3) is 15.9 Å². The molecule has 32 heavy (non-hydrogen) atoms. The monoisotopic (exact) mass is 479 g/mol. The number of aromatic amines is 1. The fraction of sp³-hybridized carbons (Fsp3) is 0.250. The Balaban J connectivity index is 1.48. The molecule has 2 aromatic carbocycles. The Morgan fingerprint density at radius 2 is 1.94 bits per heavy atom. The molecule has 0 aliphatic rings. The molecule has 0 saturated carbocycles. The molecule has 0 atom stereocenters. The summed E-state index contributed by atoms with van der Waals surface area (Å²) >= 11 is 1.41. The smallest absolute Gasteiger partial charge is 0.261 e. The van der Waals surface area contributed by atoms with Gasteiger partial charge in [0.1, 0.15) is 17.4 Å². The third-order valence-corrected chi connectivity index (χ3v) is 6.37. The third kappa shape index (κ3) is 6.69. The Kier molecular flexibility index (Phi) is 7.70. The van der Waals surface area contributed by atoms with Gasteiger partial charge >= 0.3 is 0 Å². The van der Waals surface area contributed by atoms with Gasteiger partial charge in [-0.05, 0) is 61.9 Å². The number of rotatable bonds is 10. The fourth-order valence-electron chi connectivity index (χ4n) is 2.60. The van der Waals surface area contributed by atoms with E-state index in [4.69, 9.17) is 4.74 Å². The number of amides is 1. The molecule has 0 radical (unpaired) electrons. The molecule has 1 heterocycles. The van der Waals surface area contributed by atoms with Crippen molar-refractivity contribution < 1.29 is 22.3 Å². The van der Waals surface area contributed by atoms with E-state index in [1.54, 1.807) is 6.92 Å². The maximum atomic E-state index is 13.0. The van der Waals surface area contributed by atoms with Crippen molar-refractivity contribution in [3.63, 3.8) is 0 Å². The van der Waals surface area contributed by atoms with Gasteiger partial charge in [-0.15, -0.1) is 5.10 Å². The molecule has 1 aromatic heterocycles. The number of ether oxygens (including phenoxy) is 1. The van der Waals surface area contributed by atoms with Gasteiger partial charge in [-0.3, -0.25) is 14.6 Å². The zero-order valence-corrected chi connectivity index (χ0v) is 19.0. The lowest BCUT2D eigenvalue weighted by Crippen LogP contribution is -2.30. The van der Waals surface area contributed by atoms with Gasteiger partial charge in [0.05, 0.1) is 4.90 Å². The molecule has 170 valence electrons. The van der Waals surface area contributed by atoms with Crippen molar-refractivity contribution in [1.29, 1.82) is 0 Å². The number of H-pyrrole nitrogens is 1. The summed E-state index contributed by atoms with van der Waals surface area (Å²) in [5, 5.41) is 10.1. The summed E-state index contributed by atoms with van der Waals surface area (Å²) in [7, 11) is -3.86. The highest BCUT2D eigenvalue weighted by Gasteiger charge is 2.16. The second-order valence-corrected chi connectivity index (χ2v) is 9.47. The van der Waals surface area contributed by atoms with E-state index in [0.717, 1.165) is 5.82 Å². The van der Waals surface area contributed by atoms with Gasteiger partial charge in [-0.1, -0.05) is 11.8 Å². The number of benzene rings is 2. The van der Waals surface area contributed by atoms with Gasteiger partial charge in [-0.2, -0.15) is 0 Å². The van der Waals surface area contributed by atoms with Crippen LogP contribution in [0.5, 0.6) is 5.75 Å². The van der Waals surface area contributed by atoms with E-state index in [1.807, 2.05) is 6.92 Å². The molecule has 3 aromatic rings. The molecule has 0 aliphatic heterocycles. The topological polar surface area (TPSA) is 126 Å². The lowest BCUT2D eigenvalue weighted by molar-refractivity contribution is -0.122. The first kappa shape index (κ1) is 23.5. The first-order valence-electron chi connectivity index (χ1n) is 9.53. The van der Waals surface area contributed by atoms with Crippen LogP contribution < -0.4 is 14.8 Å². The average Bonchev–Trinajstić information content (AvgIpc) is 3.17. The summed E-state index contributed by atoms with van der Waals surface area (Å²) in [5.41, 5.74) is 0.799. The van der Waals surface area contributed by atoms with Crippen LogP contribution >= 0.6 is 11.8 Å². The number of aromatic nitrogens is 3. The largest absolute Gasteiger partial charge is 0.484 e. The number of hydrogen-bond donors (Lipinski definition) is 3. The standard InChI is InChI=1S/C20H22FN5O4S2/c1-13-11-17(32(28,29)26-16-5-3-15(21)4-6-16)7-8-18(13)30-12-19(27)22-9-10-31-20-23-14(2)24-25-20/h3-8,11,26H,9-10,12H2,1-2H3,(H,22,27)(H,23,24,25). The number of hydrogen-bond acceptors (Lipinski definition) is 7. The number of aryl methyl sites for hydroxylation is 2. The number of sulfonamides is 1. The van der Waals surface area contributed by atoms with Gasteiger partial charge in [0.15, 0.2) is 6.61 Å². The zero-order chi connectivity index (χ0) is 23.1. The minimum Gasteiger partial charge on any atom is -0.484 e. The van der Waals surface area contributed by atoms with Crippen molar-refractivity contribution in [2.24, 2.45) is 0 Å². The Bertz CT molecular complexity index is 1180. The molecule has 0 spiro atoms. The number of thioether (sulfide) groups is 1. The molecular formula is C20H22FN5O4S2. The van der Waals surface area contributed by atoms with Crippen molar-refractivity contribution >= 4 is 33.4 Å². The van der Waals surface area contributed by atoms with E-state index in [1.165, 1.54) is 54.2 Å². The maximum absolute atomic E-state index is 13.0. The zero-order valence-electron chi connectivity index (χ0n) is 17.4. The Hall–Kier alpha value is -3.12. The number of carbonyl (C=O) groups is 1. The van der Waals surface area contributed by atoms with Crippen molar-refractivity contribution in [3.05, 3.63) is 59.7 Å². The van der Waals surface area contributed by atoms with Crippen LogP contribution in [0.25, 0.3) is 0 Å². The first-order chi connectivity index (χ1) is 15.2. The second kappa shape index (κ2) is 10.5. The molecule has 0 saturated heterocycles. The maximum Gasteiger partial charge on any atom is 0.261 e. The molecule has 3 rings (SSSR count). The summed E-state index contributed by atoms with van der Waals surface area (Å²) < 4.78 is 46.0. The average molecular weight is 480 g/mol. The van der Waals surface area contributed by atoms with E-state index in [-0.39, 0.29) is 23.1 Å². The first-order valence-corrected chi connectivity index (χ1v) is 12.0. The van der Waals surface area contributed by atoms with E-state index in [0.29, 0.717) is 28.8 Å². The number of nitrogens with one attached hydrogen (secondary N) is 3. The molecule has 9 nitrogen and oxygen atoms in total. The summed E-state index contributed by atoms with van der Waals surface area (Å²) in [6.07, 6.45) is 0. The highest BCUT2D eigenvalue weighted by Crippen LogP contribution is 2.23. The molecule has 0 aliphatic carbocycles. The molecule has 12 heteroatoms. The van der Waals surface area contributed by atoms with Gasteiger partial charge in [0.2, 0.25) is 5.16 Å². The van der Waals surface area contributed by atoms with Crippen molar-refractivity contribution in [3.8, 4) is 5.75 Å². The summed E-state index contributed by atoms with van der Waals surface area (Å²) in [5.74, 6) is 0.968. The Labute approximate surface area is 189 Å². The molecule has 1 amide bonds. The minimum absolute atomic E-state index is 0.0235. The van der Waals surface area contributed by atoms with Crippen molar-refractivity contribution in [2.75, 3.05) is 23.6 Å². The number of carbonyl (C=O) groups excluding carboxylic acids is 1. The van der Waals surface area contributed by atoms with Crippen LogP contribution in [0, 0.1) is 19.7 Å². The van der Waals surface area contributed by atoms with Crippen LogP contribution in [0.1, 0.15) is 11.4 Å². The number of nitrogens with zero attached hydrogens (tertiary/aromatic N) is 2. The van der Waals surface area contributed by atoms with Gasteiger partial charge < -0.3 is 10.1 Å². The van der Waals surface area contributed by atoms with E-state index < -0.39 is 15.8 Å².